The van der Waals surface area contributed by atoms with Crippen LogP contribution in [0.15, 0.2) is 0 Å². The molecule has 4 unspecified atom stereocenters. The van der Waals surface area contributed by atoms with E-state index in [1.807, 2.05) is 27.7 Å². The molecule has 0 aliphatic heterocycles. The molecule has 166 valence electrons. The zero-order chi connectivity index (χ0) is 22.7. The highest BCUT2D eigenvalue weighted by Gasteiger charge is 2.27. The van der Waals surface area contributed by atoms with Crippen LogP contribution in [0.2, 0.25) is 0 Å². The molecule has 0 aromatic carbocycles. The van der Waals surface area contributed by atoms with E-state index < -0.39 is 60.7 Å². The molecular formula is C18H33N5O6. The molecule has 0 aliphatic rings. The number of nitrogens with one attached hydrogen (secondary N) is 3. The van der Waals surface area contributed by atoms with Crippen molar-refractivity contribution in [3.8, 4) is 0 Å². The maximum Gasteiger partial charge on any atom is 0.326 e. The average Bonchev–Trinajstić information content (AvgIpc) is 2.62. The van der Waals surface area contributed by atoms with Gasteiger partial charge in [0.25, 0.3) is 0 Å². The summed E-state index contributed by atoms with van der Waals surface area (Å²) in [6.07, 6.45) is 0.451. The van der Waals surface area contributed by atoms with Crippen LogP contribution < -0.4 is 27.4 Å². The molecule has 0 saturated carbocycles. The largest absolute Gasteiger partial charge is 0.480 e. The summed E-state index contributed by atoms with van der Waals surface area (Å²) < 4.78 is 0. The van der Waals surface area contributed by atoms with Crippen molar-refractivity contribution in [1.29, 1.82) is 0 Å². The molecule has 4 amide bonds. The number of amides is 4. The Morgan fingerprint density at radius 3 is 2.00 bits per heavy atom. The first-order valence-electron chi connectivity index (χ1n) is 9.53. The summed E-state index contributed by atoms with van der Waals surface area (Å²) in [5, 5.41) is 16.1. The molecule has 0 aromatic rings. The van der Waals surface area contributed by atoms with Crippen molar-refractivity contribution < 1.29 is 29.1 Å². The summed E-state index contributed by atoms with van der Waals surface area (Å²) in [6, 6.07) is -3.15. The van der Waals surface area contributed by atoms with Crippen molar-refractivity contribution in [2.45, 2.75) is 65.1 Å². The molecule has 0 heterocycles. The quantitative estimate of drug-likeness (QED) is 0.209. The first kappa shape index (κ1) is 26.3. The lowest BCUT2D eigenvalue weighted by molar-refractivity contribution is -0.143. The molecule has 11 heteroatoms. The second kappa shape index (κ2) is 12.7. The minimum absolute atomic E-state index is 0.0678. The lowest BCUT2D eigenvalue weighted by Gasteiger charge is -2.24. The van der Waals surface area contributed by atoms with Crippen molar-refractivity contribution in [1.82, 2.24) is 16.0 Å². The number of carboxylic acid groups (broad SMARTS) is 1. The van der Waals surface area contributed by atoms with E-state index in [4.69, 9.17) is 16.6 Å². The zero-order valence-electron chi connectivity index (χ0n) is 17.4. The molecule has 0 aromatic heterocycles. The van der Waals surface area contributed by atoms with Crippen molar-refractivity contribution >= 4 is 29.6 Å². The fourth-order valence-corrected chi connectivity index (χ4v) is 2.42. The van der Waals surface area contributed by atoms with Gasteiger partial charge in [0.1, 0.15) is 12.1 Å². The van der Waals surface area contributed by atoms with Crippen LogP contribution >= 0.6 is 0 Å². The Morgan fingerprint density at radius 2 is 1.55 bits per heavy atom. The summed E-state index contributed by atoms with van der Waals surface area (Å²) >= 11 is 0. The number of carbonyl (C=O) groups is 5. The third kappa shape index (κ3) is 10.4. The number of nitrogens with two attached hydrogens (primary N) is 2. The van der Waals surface area contributed by atoms with E-state index in [9.17, 15) is 24.0 Å². The van der Waals surface area contributed by atoms with Gasteiger partial charge in [0, 0.05) is 0 Å². The summed E-state index contributed by atoms with van der Waals surface area (Å²) in [5.74, 6) is -4.17. The van der Waals surface area contributed by atoms with Crippen LogP contribution in [0.1, 0.15) is 47.0 Å². The molecule has 0 fully saturated rings. The van der Waals surface area contributed by atoms with Crippen LogP contribution in [0.4, 0.5) is 0 Å². The van der Waals surface area contributed by atoms with Gasteiger partial charge in [-0.05, 0) is 18.3 Å². The van der Waals surface area contributed by atoms with E-state index in [1.54, 1.807) is 0 Å². The Balaban J connectivity index is 4.89. The van der Waals surface area contributed by atoms with E-state index >= 15 is 0 Å². The van der Waals surface area contributed by atoms with Gasteiger partial charge < -0.3 is 32.5 Å². The molecule has 0 saturated heterocycles. The molecule has 8 N–H and O–H groups in total. The Labute approximate surface area is 170 Å². The smallest absolute Gasteiger partial charge is 0.326 e. The van der Waals surface area contributed by atoms with Crippen LogP contribution in [0.3, 0.4) is 0 Å². The van der Waals surface area contributed by atoms with Crippen molar-refractivity contribution in [3.63, 3.8) is 0 Å². The van der Waals surface area contributed by atoms with E-state index in [2.05, 4.69) is 16.0 Å². The Hall–Kier alpha value is -2.69. The maximum absolute atomic E-state index is 12.4. The first-order valence-corrected chi connectivity index (χ1v) is 9.53. The third-order valence-electron chi connectivity index (χ3n) is 4.36. The highest BCUT2D eigenvalue weighted by molar-refractivity contribution is 5.93. The van der Waals surface area contributed by atoms with Gasteiger partial charge in [0.15, 0.2) is 0 Å². The summed E-state index contributed by atoms with van der Waals surface area (Å²) in [5.41, 5.74) is 10.8. The van der Waals surface area contributed by atoms with E-state index in [1.165, 1.54) is 0 Å². The van der Waals surface area contributed by atoms with E-state index in [0.29, 0.717) is 12.8 Å². The third-order valence-corrected chi connectivity index (χ3v) is 4.36. The van der Waals surface area contributed by atoms with E-state index in [0.717, 1.165) is 0 Å². The van der Waals surface area contributed by atoms with Gasteiger partial charge in [-0.15, -0.1) is 0 Å². The second-order valence-electron chi connectivity index (χ2n) is 7.45. The fraction of sp³-hybridized carbons (Fsp3) is 0.722. The average molecular weight is 415 g/mol. The molecule has 4 atom stereocenters. The molecule has 0 rings (SSSR count). The number of hydrogen-bond acceptors (Lipinski definition) is 6. The summed E-state index contributed by atoms with van der Waals surface area (Å²) in [7, 11) is 0. The van der Waals surface area contributed by atoms with E-state index in [-0.39, 0.29) is 11.8 Å². The second-order valence-corrected chi connectivity index (χ2v) is 7.45. The number of aliphatic carboxylic acids is 1. The fourth-order valence-electron chi connectivity index (χ4n) is 2.42. The van der Waals surface area contributed by atoms with Crippen molar-refractivity contribution in [3.05, 3.63) is 0 Å². The van der Waals surface area contributed by atoms with Crippen molar-refractivity contribution in [2.75, 3.05) is 6.54 Å². The Bertz CT molecular complexity index is 610. The molecule has 11 nitrogen and oxygen atoms in total. The van der Waals surface area contributed by atoms with Gasteiger partial charge >= 0.3 is 5.97 Å². The molecule has 0 bridgehead atoms. The number of carboxylic acids is 1. The standard InChI is InChI=1S/C18H33N5O6/c1-5-10(4)15(20)17(27)23-11(6-9(2)3)16(26)21-8-14(25)22-12(18(28)29)7-13(19)24/h9-12,15H,5-8,20H2,1-4H3,(H2,19,24)(H,21,26)(H,22,25)(H,23,27)(H,28,29). The van der Waals surface area contributed by atoms with Crippen LogP contribution in [0, 0.1) is 11.8 Å². The SMILES string of the molecule is CCC(C)C(N)C(=O)NC(CC(C)C)C(=O)NCC(=O)NC(CC(N)=O)C(=O)O. The van der Waals surface area contributed by atoms with Crippen LogP contribution in [0.25, 0.3) is 0 Å². The number of rotatable bonds is 13. The lowest BCUT2D eigenvalue weighted by Crippen LogP contribution is -2.55. The van der Waals surface area contributed by atoms with Crippen molar-refractivity contribution in [2.24, 2.45) is 23.3 Å². The summed E-state index contributed by atoms with van der Waals surface area (Å²) in [4.78, 5) is 58.5. The van der Waals surface area contributed by atoms with Gasteiger partial charge in [0.05, 0.1) is 19.0 Å². The highest BCUT2D eigenvalue weighted by atomic mass is 16.4. The highest BCUT2D eigenvalue weighted by Crippen LogP contribution is 2.09. The van der Waals surface area contributed by atoms with Crippen LogP contribution in [-0.2, 0) is 24.0 Å². The zero-order valence-corrected chi connectivity index (χ0v) is 17.4. The molecule has 0 spiro atoms. The summed E-state index contributed by atoms with van der Waals surface area (Å²) in [6.45, 7) is 6.95. The Kier molecular flexibility index (Phi) is 11.5. The molecule has 0 radical (unpaired) electrons. The molecular weight excluding hydrogens is 382 g/mol. The van der Waals surface area contributed by atoms with Crippen LogP contribution in [-0.4, -0.2) is 59.4 Å². The number of hydrogen-bond donors (Lipinski definition) is 6. The lowest BCUT2D eigenvalue weighted by atomic mass is 9.97. The predicted octanol–water partition coefficient (Wildman–Crippen LogP) is -1.55. The molecule has 29 heavy (non-hydrogen) atoms. The normalized spacial score (nSPS) is 15.0. The van der Waals surface area contributed by atoms with Gasteiger partial charge in [0.2, 0.25) is 23.6 Å². The van der Waals surface area contributed by atoms with Gasteiger partial charge in [-0.25, -0.2) is 4.79 Å². The minimum Gasteiger partial charge on any atom is -0.480 e. The topological polar surface area (TPSA) is 194 Å². The number of carbonyl (C=O) groups excluding carboxylic acids is 4. The first-order chi connectivity index (χ1) is 13.4. The molecule has 0 aliphatic carbocycles. The maximum atomic E-state index is 12.4. The van der Waals surface area contributed by atoms with Gasteiger partial charge in [-0.3, -0.25) is 19.2 Å². The van der Waals surface area contributed by atoms with Crippen LogP contribution in [0.5, 0.6) is 0 Å². The predicted molar refractivity (Wildman–Crippen MR) is 105 cm³/mol. The monoisotopic (exact) mass is 415 g/mol. The number of primary amides is 1. The van der Waals surface area contributed by atoms with Gasteiger partial charge in [-0.1, -0.05) is 34.1 Å². The Morgan fingerprint density at radius 1 is 0.966 bits per heavy atom. The minimum atomic E-state index is -1.49. The van der Waals surface area contributed by atoms with Gasteiger partial charge in [-0.2, -0.15) is 0 Å².